The fourth-order valence-electron chi connectivity index (χ4n) is 4.68. The maximum Gasteiger partial charge on any atom is 0.162 e. The predicted octanol–water partition coefficient (Wildman–Crippen LogP) is 6.18. The van der Waals surface area contributed by atoms with Crippen molar-refractivity contribution in [3.8, 4) is 0 Å². The first-order valence-electron chi connectivity index (χ1n) is 10.2. The van der Waals surface area contributed by atoms with Crippen molar-refractivity contribution in [2.24, 2.45) is 5.10 Å². The van der Waals surface area contributed by atoms with Gasteiger partial charge in [0.1, 0.15) is 6.67 Å². The molecule has 0 unspecified atom stereocenters. The third-order valence-electron chi connectivity index (χ3n) is 5.58. The number of benzene rings is 3. The topological polar surface area (TPSA) is 18.8 Å². The number of hydrazone groups is 1. The highest BCUT2D eigenvalue weighted by molar-refractivity contribution is 6.12. The lowest BCUT2D eigenvalue weighted by Gasteiger charge is -2.26. The number of aryl methyl sites for hydroxylation is 6. The van der Waals surface area contributed by atoms with Crippen LogP contribution in [0.2, 0.25) is 0 Å². The highest BCUT2D eigenvalue weighted by Gasteiger charge is 2.30. The minimum Gasteiger partial charge on any atom is -0.304 e. The van der Waals surface area contributed by atoms with Crippen LogP contribution in [-0.4, -0.2) is 12.5 Å². The summed E-state index contributed by atoms with van der Waals surface area (Å²) in [7, 11) is 0. The molecule has 0 fully saturated rings. The Morgan fingerprint density at radius 3 is 1.66 bits per heavy atom. The molecule has 4 rings (SSSR count). The molecular weight excluding hydrogens is 354 g/mol. The lowest BCUT2D eigenvalue weighted by Crippen LogP contribution is -2.33. The molecule has 0 aliphatic carbocycles. The van der Waals surface area contributed by atoms with Gasteiger partial charge in [0.05, 0.1) is 11.4 Å². The SMILES string of the molecule is Cc1cc(C)c(N2CN(c3c(C)cc(C)cc3C)C(c3ccccc3)=N2)c(C)c1. The fraction of sp³-hybridized carbons (Fsp3) is 0.269. The molecule has 148 valence electrons. The molecule has 1 aliphatic rings. The number of hydrogen-bond acceptors (Lipinski definition) is 3. The van der Waals surface area contributed by atoms with Crippen molar-refractivity contribution in [3.05, 3.63) is 93.5 Å². The summed E-state index contributed by atoms with van der Waals surface area (Å²) in [6.45, 7) is 13.8. The quantitative estimate of drug-likeness (QED) is 0.537. The molecule has 0 amide bonds. The van der Waals surface area contributed by atoms with Crippen molar-refractivity contribution >= 4 is 17.2 Å². The van der Waals surface area contributed by atoms with Gasteiger partial charge < -0.3 is 4.90 Å². The van der Waals surface area contributed by atoms with E-state index < -0.39 is 0 Å². The summed E-state index contributed by atoms with van der Waals surface area (Å²) < 4.78 is 0. The Hall–Kier alpha value is -3.07. The smallest absolute Gasteiger partial charge is 0.162 e. The molecule has 0 N–H and O–H groups in total. The number of hydrogen-bond donors (Lipinski definition) is 0. The second kappa shape index (κ2) is 7.40. The van der Waals surface area contributed by atoms with E-state index in [-0.39, 0.29) is 0 Å². The van der Waals surface area contributed by atoms with Crippen LogP contribution in [0, 0.1) is 41.5 Å². The first kappa shape index (κ1) is 19.3. The molecule has 0 radical (unpaired) electrons. The second-order valence-electron chi connectivity index (χ2n) is 8.25. The Balaban J connectivity index is 1.87. The minimum absolute atomic E-state index is 0.708. The fourth-order valence-corrected chi connectivity index (χ4v) is 4.68. The molecule has 0 aromatic heterocycles. The van der Waals surface area contributed by atoms with Gasteiger partial charge in [-0.1, -0.05) is 65.7 Å². The zero-order valence-electron chi connectivity index (χ0n) is 18.2. The van der Waals surface area contributed by atoms with Crippen molar-refractivity contribution in [2.75, 3.05) is 16.6 Å². The summed E-state index contributed by atoms with van der Waals surface area (Å²) in [5.74, 6) is 1.00. The molecule has 1 aliphatic heterocycles. The Labute approximate surface area is 174 Å². The van der Waals surface area contributed by atoms with Crippen molar-refractivity contribution < 1.29 is 0 Å². The van der Waals surface area contributed by atoms with Crippen molar-refractivity contribution in [1.82, 2.24) is 0 Å². The van der Waals surface area contributed by atoms with Gasteiger partial charge in [0.25, 0.3) is 0 Å². The van der Waals surface area contributed by atoms with Crippen LogP contribution in [0.5, 0.6) is 0 Å². The second-order valence-corrected chi connectivity index (χ2v) is 8.25. The Kier molecular flexibility index (Phi) is 4.91. The maximum absolute atomic E-state index is 5.12. The van der Waals surface area contributed by atoms with E-state index in [9.17, 15) is 0 Å². The van der Waals surface area contributed by atoms with Crippen molar-refractivity contribution in [2.45, 2.75) is 41.5 Å². The zero-order valence-corrected chi connectivity index (χ0v) is 18.2. The largest absolute Gasteiger partial charge is 0.304 e. The molecule has 0 spiro atoms. The lowest BCUT2D eigenvalue weighted by atomic mass is 10.0. The van der Waals surface area contributed by atoms with Gasteiger partial charge in [-0.15, -0.1) is 0 Å². The highest BCUT2D eigenvalue weighted by atomic mass is 15.6. The van der Waals surface area contributed by atoms with E-state index in [1.54, 1.807) is 0 Å². The van der Waals surface area contributed by atoms with Crippen LogP contribution in [-0.2, 0) is 0 Å². The summed E-state index contributed by atoms with van der Waals surface area (Å²) in [6, 6.07) is 19.5. The molecule has 29 heavy (non-hydrogen) atoms. The van der Waals surface area contributed by atoms with Crippen LogP contribution in [0.3, 0.4) is 0 Å². The Morgan fingerprint density at radius 2 is 1.14 bits per heavy atom. The van der Waals surface area contributed by atoms with Crippen LogP contribution in [0.25, 0.3) is 0 Å². The molecule has 1 heterocycles. The van der Waals surface area contributed by atoms with Crippen LogP contribution in [0.1, 0.15) is 38.9 Å². The summed E-state index contributed by atoms with van der Waals surface area (Å²) in [4.78, 5) is 2.36. The predicted molar refractivity (Wildman–Crippen MR) is 124 cm³/mol. The minimum atomic E-state index is 0.708. The van der Waals surface area contributed by atoms with E-state index >= 15 is 0 Å². The first-order chi connectivity index (χ1) is 13.8. The van der Waals surface area contributed by atoms with Crippen molar-refractivity contribution in [1.29, 1.82) is 0 Å². The molecule has 3 heteroatoms. The van der Waals surface area contributed by atoms with Crippen LogP contribution >= 0.6 is 0 Å². The molecule has 0 atom stereocenters. The monoisotopic (exact) mass is 383 g/mol. The third-order valence-corrected chi connectivity index (χ3v) is 5.58. The molecule has 0 saturated heterocycles. The van der Waals surface area contributed by atoms with Crippen molar-refractivity contribution in [3.63, 3.8) is 0 Å². The summed E-state index contributed by atoms with van der Waals surface area (Å²) in [6.07, 6.45) is 0. The van der Waals surface area contributed by atoms with Crippen LogP contribution in [0.15, 0.2) is 59.7 Å². The van der Waals surface area contributed by atoms with Gasteiger partial charge in [0.2, 0.25) is 0 Å². The van der Waals surface area contributed by atoms with E-state index in [1.165, 1.54) is 44.8 Å². The third kappa shape index (κ3) is 3.53. The van der Waals surface area contributed by atoms with Gasteiger partial charge in [0, 0.05) is 5.56 Å². The van der Waals surface area contributed by atoms with E-state index in [1.807, 2.05) is 0 Å². The average Bonchev–Trinajstić information content (AvgIpc) is 3.05. The first-order valence-corrected chi connectivity index (χ1v) is 10.2. The van der Waals surface area contributed by atoms with Gasteiger partial charge in [0.15, 0.2) is 5.84 Å². The van der Waals surface area contributed by atoms with E-state index in [0.717, 1.165) is 11.4 Å². The van der Waals surface area contributed by atoms with Crippen LogP contribution in [0.4, 0.5) is 11.4 Å². The van der Waals surface area contributed by atoms with Gasteiger partial charge in [-0.2, -0.15) is 5.10 Å². The number of amidine groups is 1. The summed E-state index contributed by atoms with van der Waals surface area (Å²) in [5.41, 5.74) is 11.3. The molecule has 3 nitrogen and oxygen atoms in total. The lowest BCUT2D eigenvalue weighted by molar-refractivity contribution is 0.896. The molecular formula is C26H29N3. The summed E-state index contributed by atoms with van der Waals surface area (Å²) >= 11 is 0. The number of nitrogens with zero attached hydrogens (tertiary/aromatic N) is 3. The molecule has 3 aromatic rings. The highest BCUT2D eigenvalue weighted by Crippen LogP contribution is 2.35. The normalized spacial score (nSPS) is 13.8. The average molecular weight is 384 g/mol. The molecule has 3 aromatic carbocycles. The number of rotatable bonds is 3. The maximum atomic E-state index is 5.12. The Morgan fingerprint density at radius 1 is 0.655 bits per heavy atom. The Bertz CT molecular complexity index is 1050. The van der Waals surface area contributed by atoms with Gasteiger partial charge in [-0.05, 0) is 63.8 Å². The van der Waals surface area contributed by atoms with Gasteiger partial charge in [-0.3, -0.25) is 0 Å². The van der Waals surface area contributed by atoms with E-state index in [4.69, 9.17) is 5.10 Å². The standard InChI is InChI=1S/C26H29N3/c1-17-12-19(3)24(20(4)13-17)28-16-29(25-21(5)14-18(2)15-22(25)6)27-26(28)23-10-8-7-9-11-23/h7-15H,16H2,1-6H3. The van der Waals surface area contributed by atoms with E-state index in [0.29, 0.717) is 6.67 Å². The summed E-state index contributed by atoms with van der Waals surface area (Å²) in [5, 5.41) is 7.28. The molecule has 0 bridgehead atoms. The van der Waals surface area contributed by atoms with Gasteiger partial charge in [-0.25, -0.2) is 5.01 Å². The molecule has 0 saturated carbocycles. The number of anilines is 2. The van der Waals surface area contributed by atoms with Gasteiger partial charge >= 0.3 is 0 Å². The van der Waals surface area contributed by atoms with E-state index in [2.05, 4.69) is 106 Å². The van der Waals surface area contributed by atoms with Crippen LogP contribution < -0.4 is 9.91 Å². The zero-order chi connectivity index (χ0) is 20.7.